The van der Waals surface area contributed by atoms with E-state index < -0.39 is 16.6 Å². The van der Waals surface area contributed by atoms with Crippen LogP contribution in [-0.2, 0) is 31.3 Å². The summed E-state index contributed by atoms with van der Waals surface area (Å²) in [6.07, 6.45) is 6.25. The maximum atomic E-state index is 7.41. The summed E-state index contributed by atoms with van der Waals surface area (Å²) in [5, 5.41) is 2.68. The van der Waals surface area contributed by atoms with Gasteiger partial charge in [-0.3, -0.25) is 0 Å². The Morgan fingerprint density at radius 1 is 0.643 bits per heavy atom. The minimum absolute atomic E-state index is 0.223. The fourth-order valence-corrected chi connectivity index (χ4v) is 10.4. The number of hydrogen-bond donors (Lipinski definition) is 2. The topological polar surface area (TPSA) is 108 Å². The van der Waals surface area contributed by atoms with Crippen LogP contribution >= 0.6 is 15.9 Å². The fourth-order valence-electron chi connectivity index (χ4n) is 7.65. The van der Waals surface area contributed by atoms with Crippen molar-refractivity contribution in [3.63, 3.8) is 0 Å². The Kier molecular flexibility index (Phi) is 17.7. The summed E-state index contributed by atoms with van der Waals surface area (Å²) in [6.45, 7) is 53.0. The van der Waals surface area contributed by atoms with Crippen LogP contribution in [0.5, 0.6) is 0 Å². The van der Waals surface area contributed by atoms with Gasteiger partial charge in [0, 0.05) is 76.5 Å². The minimum Gasteiger partial charge on any atom is -0.417 e. The molecule has 374 valence electrons. The molecule has 0 aliphatic carbocycles. The Balaban J connectivity index is 0.000000204. The van der Waals surface area contributed by atoms with Gasteiger partial charge in [-0.25, -0.2) is 9.69 Å². The number of halogens is 1. The molecule has 3 heterocycles. The summed E-state index contributed by atoms with van der Waals surface area (Å²) in [4.78, 5) is 7.13. The Morgan fingerprint density at radius 3 is 1.57 bits per heavy atom. The average Bonchev–Trinajstić information content (AvgIpc) is 3.87. The zero-order valence-corrected chi connectivity index (χ0v) is 48.4. The van der Waals surface area contributed by atoms with Gasteiger partial charge in [-0.2, -0.15) is 0 Å². The third kappa shape index (κ3) is 12.9. The van der Waals surface area contributed by atoms with Gasteiger partial charge in [-0.1, -0.05) is 77.9 Å². The fraction of sp³-hybridized carbons (Fsp3) is 0.464. The minimum atomic E-state index is -1.73. The molecular formula is C56H78BBrN6O4Si2. The molecule has 1 saturated heterocycles. The maximum Gasteiger partial charge on any atom is 0.495 e. The number of rotatable bonds is 12. The Morgan fingerprint density at radius 2 is 1.09 bits per heavy atom. The first-order valence-electron chi connectivity index (χ1n) is 24.5. The van der Waals surface area contributed by atoms with Crippen LogP contribution in [0.1, 0.15) is 93.2 Å². The van der Waals surface area contributed by atoms with Crippen molar-refractivity contribution in [3.05, 3.63) is 124 Å². The molecule has 0 saturated carbocycles. The van der Waals surface area contributed by atoms with Gasteiger partial charge in [-0.15, -0.1) is 0 Å². The summed E-state index contributed by atoms with van der Waals surface area (Å²) in [5.41, 5.74) is 22.0. The van der Waals surface area contributed by atoms with Crippen molar-refractivity contribution in [1.29, 1.82) is 0 Å². The molecule has 1 aliphatic heterocycles. The van der Waals surface area contributed by atoms with E-state index in [0.29, 0.717) is 11.4 Å². The molecule has 0 bridgehead atoms. The van der Waals surface area contributed by atoms with E-state index in [1.54, 1.807) is 0 Å². The van der Waals surface area contributed by atoms with Crippen molar-refractivity contribution in [2.75, 3.05) is 24.7 Å². The third-order valence-electron chi connectivity index (χ3n) is 15.2. The van der Waals surface area contributed by atoms with Crippen LogP contribution in [-0.4, -0.2) is 57.3 Å². The second-order valence-corrected chi connectivity index (χ2v) is 33.1. The van der Waals surface area contributed by atoms with Gasteiger partial charge < -0.3 is 38.8 Å². The number of aryl methyl sites for hydroxylation is 2. The molecule has 70 heavy (non-hydrogen) atoms. The molecule has 0 radical (unpaired) electrons. The number of nitrogens with zero attached hydrogens (tertiary/aromatic N) is 4. The quantitative estimate of drug-likeness (QED) is 0.0547. The molecule has 1 fully saturated rings. The SMILES string of the molecule is Cc1c(N)cccc1B1OC(C)(C)C(C)(C)O1.[C-]#[N+]c1ccc2c(c1)c(-c1cccc(N)c1C)cn2CCCO[Si](C)(C)C(C)(C)C.[C-]#[N+]c1ccc2c(c1)c(Br)cn2CCCO[Si](C)(C)C(C)(C)C. The van der Waals surface area contributed by atoms with E-state index in [9.17, 15) is 0 Å². The van der Waals surface area contributed by atoms with E-state index in [1.807, 2.05) is 67.6 Å². The molecule has 0 spiro atoms. The highest BCUT2D eigenvalue weighted by molar-refractivity contribution is 9.10. The van der Waals surface area contributed by atoms with Crippen molar-refractivity contribution in [2.45, 2.75) is 156 Å². The van der Waals surface area contributed by atoms with E-state index in [2.05, 4.69) is 162 Å². The molecule has 7 rings (SSSR count). The Bertz CT molecular complexity index is 2860. The lowest BCUT2D eigenvalue weighted by molar-refractivity contribution is 0.00578. The number of fused-ring (bicyclic) bond motifs is 2. The van der Waals surface area contributed by atoms with E-state index in [-0.39, 0.29) is 28.4 Å². The van der Waals surface area contributed by atoms with Crippen LogP contribution in [0.3, 0.4) is 0 Å². The second-order valence-electron chi connectivity index (χ2n) is 22.6. The standard InChI is InChI=1S/C25H33N3OSi.C18H25BrN2OSi.C13H20BNO2/c1-18-20(10-8-11-23(18)26)22-17-28(24-13-12-19(27-5)16-21(22)24)14-9-15-29-30(6,7)25(2,3)4;1-18(2,3)23(5,6)22-11-7-10-21-13-16(19)15-12-14(20-4)8-9-17(15)21;1-9-10(7-6-8-11(9)15)14-16-12(2,3)13(4,5)17-14/h8,10-13,16-17H,9,14-15,26H2,1-4,6-7H3;8-9,12-13H,7,10-11H2,1-3,5-6H3;6-8H,15H2,1-5H3. The van der Waals surface area contributed by atoms with E-state index in [1.165, 1.54) is 0 Å². The van der Waals surface area contributed by atoms with Crippen LogP contribution < -0.4 is 16.9 Å². The van der Waals surface area contributed by atoms with Crippen LogP contribution in [0.15, 0.2) is 89.7 Å². The summed E-state index contributed by atoms with van der Waals surface area (Å²) >= 11 is 3.60. The predicted octanol–water partition coefficient (Wildman–Crippen LogP) is 15.4. The van der Waals surface area contributed by atoms with Gasteiger partial charge in [0.15, 0.2) is 28.0 Å². The highest BCUT2D eigenvalue weighted by Crippen LogP contribution is 2.40. The van der Waals surface area contributed by atoms with E-state index >= 15 is 0 Å². The summed E-state index contributed by atoms with van der Waals surface area (Å²) < 4.78 is 30.2. The van der Waals surface area contributed by atoms with E-state index in [0.717, 1.165) is 105 Å². The van der Waals surface area contributed by atoms with E-state index in [4.69, 9.17) is 42.8 Å². The average molecular weight is 1050 g/mol. The summed E-state index contributed by atoms with van der Waals surface area (Å²) in [7, 11) is -3.71. The van der Waals surface area contributed by atoms with Crippen molar-refractivity contribution in [1.82, 2.24) is 9.13 Å². The van der Waals surface area contributed by atoms with Gasteiger partial charge >= 0.3 is 7.12 Å². The molecule has 0 unspecified atom stereocenters. The highest BCUT2D eigenvalue weighted by atomic mass is 79.9. The van der Waals surface area contributed by atoms with Crippen molar-refractivity contribution in [2.24, 2.45) is 0 Å². The van der Waals surface area contributed by atoms with Crippen molar-refractivity contribution in [3.8, 4) is 11.1 Å². The molecule has 0 atom stereocenters. The van der Waals surface area contributed by atoms with Crippen LogP contribution in [0.4, 0.5) is 22.7 Å². The predicted molar refractivity (Wildman–Crippen MR) is 306 cm³/mol. The monoisotopic (exact) mass is 1040 g/mol. The van der Waals surface area contributed by atoms with Gasteiger partial charge in [0.05, 0.1) is 24.3 Å². The Hall–Kier alpha value is -4.64. The summed E-state index contributed by atoms with van der Waals surface area (Å²) in [6, 6.07) is 23.7. The molecular weight excluding hydrogens is 968 g/mol. The molecule has 0 amide bonds. The zero-order chi connectivity index (χ0) is 52.2. The molecule has 4 aromatic carbocycles. The molecule has 6 aromatic rings. The summed E-state index contributed by atoms with van der Waals surface area (Å²) in [5.74, 6) is 0. The molecule has 14 heteroatoms. The van der Waals surface area contributed by atoms with Gasteiger partial charge in [0.1, 0.15) is 0 Å². The second kappa shape index (κ2) is 22.0. The van der Waals surface area contributed by atoms with Gasteiger partial charge in [0.25, 0.3) is 0 Å². The zero-order valence-electron chi connectivity index (χ0n) is 44.9. The normalized spacial score (nSPS) is 14.7. The van der Waals surface area contributed by atoms with Crippen molar-refractivity contribution >= 4 is 89.7 Å². The van der Waals surface area contributed by atoms with Gasteiger partial charge in [0.2, 0.25) is 0 Å². The smallest absolute Gasteiger partial charge is 0.417 e. The maximum absolute atomic E-state index is 7.41. The van der Waals surface area contributed by atoms with Crippen molar-refractivity contribution < 1.29 is 18.2 Å². The number of benzene rings is 4. The van der Waals surface area contributed by atoms with Crippen LogP contribution in [0, 0.1) is 27.0 Å². The lowest BCUT2D eigenvalue weighted by Gasteiger charge is -2.36. The number of anilines is 2. The number of nitrogen functional groups attached to an aromatic ring is 2. The molecule has 4 N–H and O–H groups in total. The molecule has 10 nitrogen and oxygen atoms in total. The molecule has 2 aromatic heterocycles. The lowest BCUT2D eigenvalue weighted by Crippen LogP contribution is -2.41. The first-order chi connectivity index (χ1) is 32.4. The number of hydrogen-bond acceptors (Lipinski definition) is 6. The Labute approximate surface area is 430 Å². The number of aromatic nitrogens is 2. The largest absolute Gasteiger partial charge is 0.495 e. The molecule has 1 aliphatic rings. The number of nitrogens with two attached hydrogens (primary N) is 2. The van der Waals surface area contributed by atoms with Gasteiger partial charge in [-0.05, 0) is 171 Å². The third-order valence-corrected chi connectivity index (χ3v) is 24.9. The highest BCUT2D eigenvalue weighted by Gasteiger charge is 2.52. The lowest BCUT2D eigenvalue weighted by atomic mass is 9.76. The first kappa shape index (κ1) is 56.3. The van der Waals surface area contributed by atoms with Crippen LogP contribution in [0.25, 0.3) is 42.6 Å². The van der Waals surface area contributed by atoms with Crippen LogP contribution in [0.2, 0.25) is 36.3 Å². The first-order valence-corrected chi connectivity index (χ1v) is 31.1.